The molecule has 154 valence electrons. The van der Waals surface area contributed by atoms with Crippen molar-refractivity contribution in [1.29, 1.82) is 0 Å². The van der Waals surface area contributed by atoms with Gasteiger partial charge in [0.2, 0.25) is 0 Å². The van der Waals surface area contributed by atoms with Gasteiger partial charge < -0.3 is 14.4 Å². The van der Waals surface area contributed by atoms with E-state index < -0.39 is 7.60 Å². The van der Waals surface area contributed by atoms with E-state index in [9.17, 15) is 23.1 Å². The summed E-state index contributed by atoms with van der Waals surface area (Å²) in [6.07, 6.45) is 0. The highest BCUT2D eigenvalue weighted by Gasteiger charge is 2.18. The summed E-state index contributed by atoms with van der Waals surface area (Å²) in [5.74, 6) is -0.772. The summed E-state index contributed by atoms with van der Waals surface area (Å²) >= 11 is 0. The Balaban J connectivity index is 1.67. The molecular weight excluding hydrogens is 419 g/mol. The summed E-state index contributed by atoms with van der Waals surface area (Å²) < 4.78 is 41.4. The topological polar surface area (TPSA) is 62.5 Å². The average molecular weight is 435 g/mol. The van der Waals surface area contributed by atoms with E-state index in [4.69, 9.17) is 0 Å². The van der Waals surface area contributed by atoms with Crippen LogP contribution in [0, 0.1) is 11.6 Å². The van der Waals surface area contributed by atoms with Crippen molar-refractivity contribution in [2.45, 2.75) is 0 Å². The molecule has 2 N–H and O–H groups in total. The second kappa shape index (κ2) is 7.13. The highest BCUT2D eigenvalue weighted by atomic mass is 31.2. The molecule has 4 aromatic carbocycles. The zero-order valence-corrected chi connectivity index (χ0v) is 16.9. The fraction of sp³-hybridized carbons (Fsp3) is 0. The van der Waals surface area contributed by atoms with Gasteiger partial charge in [-0.3, -0.25) is 4.57 Å². The van der Waals surface area contributed by atoms with Crippen molar-refractivity contribution in [1.82, 2.24) is 4.57 Å². The second-order valence-electron chi connectivity index (χ2n) is 7.30. The number of rotatable bonds is 3. The molecule has 0 spiro atoms. The first-order chi connectivity index (χ1) is 14.8. The first-order valence-electron chi connectivity index (χ1n) is 9.47. The molecule has 0 saturated carbocycles. The normalized spacial score (nSPS) is 12.0. The Kier molecular flexibility index (Phi) is 4.52. The van der Waals surface area contributed by atoms with Crippen LogP contribution in [0.4, 0.5) is 8.78 Å². The van der Waals surface area contributed by atoms with Gasteiger partial charge in [0.05, 0.1) is 16.3 Å². The maximum Gasteiger partial charge on any atom is 0.356 e. The van der Waals surface area contributed by atoms with Gasteiger partial charge in [0.25, 0.3) is 0 Å². The van der Waals surface area contributed by atoms with E-state index in [1.54, 1.807) is 28.8 Å². The van der Waals surface area contributed by atoms with Gasteiger partial charge in [0.15, 0.2) is 0 Å². The molecule has 4 nitrogen and oxygen atoms in total. The minimum Gasteiger partial charge on any atom is -0.321 e. The number of fused-ring (bicyclic) bond motifs is 3. The Hall–Kier alpha value is -3.31. The molecule has 7 heteroatoms. The lowest BCUT2D eigenvalue weighted by atomic mass is 10.1. The quantitative estimate of drug-likeness (QED) is 0.366. The Labute approximate surface area is 176 Å². The van der Waals surface area contributed by atoms with E-state index in [0.29, 0.717) is 22.3 Å². The zero-order valence-electron chi connectivity index (χ0n) is 16.0. The molecule has 0 radical (unpaired) electrons. The van der Waals surface area contributed by atoms with Crippen molar-refractivity contribution in [3.8, 4) is 16.8 Å². The maximum atomic E-state index is 14.0. The summed E-state index contributed by atoms with van der Waals surface area (Å²) in [5, 5.41) is 1.58. The molecule has 0 aliphatic heterocycles. The van der Waals surface area contributed by atoms with E-state index in [2.05, 4.69) is 0 Å². The van der Waals surface area contributed by atoms with E-state index >= 15 is 0 Å². The van der Waals surface area contributed by atoms with Crippen molar-refractivity contribution in [3.05, 3.63) is 96.6 Å². The summed E-state index contributed by atoms with van der Waals surface area (Å²) in [6, 6.07) is 22.4. The Morgan fingerprint density at radius 2 is 1.26 bits per heavy atom. The van der Waals surface area contributed by atoms with Gasteiger partial charge in [0, 0.05) is 16.5 Å². The zero-order chi connectivity index (χ0) is 21.8. The Morgan fingerprint density at radius 3 is 1.81 bits per heavy atom. The van der Waals surface area contributed by atoms with Crippen LogP contribution in [0.2, 0.25) is 0 Å². The van der Waals surface area contributed by atoms with Crippen molar-refractivity contribution in [3.63, 3.8) is 0 Å². The average Bonchev–Trinajstić information content (AvgIpc) is 3.05. The van der Waals surface area contributed by atoms with Crippen LogP contribution in [0.1, 0.15) is 0 Å². The van der Waals surface area contributed by atoms with Crippen molar-refractivity contribution in [2.24, 2.45) is 0 Å². The number of halogens is 2. The van der Waals surface area contributed by atoms with Gasteiger partial charge in [-0.2, -0.15) is 0 Å². The van der Waals surface area contributed by atoms with E-state index in [0.717, 1.165) is 16.3 Å². The van der Waals surface area contributed by atoms with Gasteiger partial charge >= 0.3 is 7.60 Å². The van der Waals surface area contributed by atoms with E-state index in [1.165, 1.54) is 36.4 Å². The third kappa shape index (κ3) is 3.45. The van der Waals surface area contributed by atoms with Crippen molar-refractivity contribution in [2.75, 3.05) is 0 Å². The standard InChI is InChI=1S/C24H16F2NO3P/c25-17-6-10-21-22-11-7-18(26)14-24(22)27(23(21)13-17)19-8-4-15(5-9-19)16-2-1-3-20(12-16)31(28,29)30/h1-14H,(H2,28,29,30). The number of benzene rings is 4. The molecule has 0 unspecified atom stereocenters. The lowest BCUT2D eigenvalue weighted by Gasteiger charge is -2.10. The predicted molar refractivity (Wildman–Crippen MR) is 118 cm³/mol. The SMILES string of the molecule is O=P(O)(O)c1cccc(-c2ccc(-n3c4cc(F)ccc4c4ccc(F)cc43)cc2)c1. The number of hydrogen-bond donors (Lipinski definition) is 2. The second-order valence-corrected chi connectivity index (χ2v) is 8.90. The third-order valence-corrected chi connectivity index (χ3v) is 6.28. The Bertz CT molecular complexity index is 1440. The smallest absolute Gasteiger partial charge is 0.321 e. The van der Waals surface area contributed by atoms with Crippen LogP contribution < -0.4 is 5.30 Å². The van der Waals surface area contributed by atoms with Gasteiger partial charge in [-0.15, -0.1) is 0 Å². The fourth-order valence-corrected chi connectivity index (χ4v) is 4.50. The first kappa shape index (κ1) is 19.6. The maximum absolute atomic E-state index is 14.0. The van der Waals surface area contributed by atoms with E-state index in [-0.39, 0.29) is 16.9 Å². The molecule has 5 rings (SSSR count). The molecule has 1 heterocycles. The van der Waals surface area contributed by atoms with Crippen LogP contribution >= 0.6 is 7.60 Å². The highest BCUT2D eigenvalue weighted by molar-refractivity contribution is 7.60. The van der Waals surface area contributed by atoms with Crippen LogP contribution in [0.3, 0.4) is 0 Å². The largest absolute Gasteiger partial charge is 0.356 e. The van der Waals surface area contributed by atoms with Gasteiger partial charge in [0.1, 0.15) is 11.6 Å². The van der Waals surface area contributed by atoms with E-state index in [1.807, 2.05) is 24.3 Å². The van der Waals surface area contributed by atoms with Gasteiger partial charge in [-0.05, 0) is 71.8 Å². The molecule has 0 atom stereocenters. The summed E-state index contributed by atoms with van der Waals surface area (Å²) in [7, 11) is -4.35. The summed E-state index contributed by atoms with van der Waals surface area (Å²) in [5.41, 5.74) is 3.38. The molecule has 0 amide bonds. The van der Waals surface area contributed by atoms with Crippen LogP contribution in [0.25, 0.3) is 38.6 Å². The predicted octanol–water partition coefficient (Wildman–Crippen LogP) is 5.53. The van der Waals surface area contributed by atoms with Crippen LogP contribution in [-0.2, 0) is 4.57 Å². The number of nitrogens with zero attached hydrogens (tertiary/aromatic N) is 1. The molecule has 0 fully saturated rings. The molecule has 0 bridgehead atoms. The molecular formula is C24H16F2NO3P. The number of hydrogen-bond acceptors (Lipinski definition) is 1. The lowest BCUT2D eigenvalue weighted by Crippen LogP contribution is -2.03. The minimum absolute atomic E-state index is 0.0533. The Morgan fingerprint density at radius 1 is 0.677 bits per heavy atom. The van der Waals surface area contributed by atoms with Crippen molar-refractivity contribution < 1.29 is 23.1 Å². The van der Waals surface area contributed by atoms with Crippen LogP contribution in [0.15, 0.2) is 84.9 Å². The molecule has 5 aromatic rings. The van der Waals surface area contributed by atoms with Crippen LogP contribution in [-0.4, -0.2) is 14.4 Å². The molecule has 0 saturated heterocycles. The van der Waals surface area contributed by atoms with Gasteiger partial charge in [-0.25, -0.2) is 8.78 Å². The van der Waals surface area contributed by atoms with Crippen LogP contribution in [0.5, 0.6) is 0 Å². The first-order valence-corrected chi connectivity index (χ1v) is 11.1. The van der Waals surface area contributed by atoms with Crippen molar-refractivity contribution >= 4 is 34.7 Å². The molecule has 0 aliphatic rings. The number of aromatic nitrogens is 1. The highest BCUT2D eigenvalue weighted by Crippen LogP contribution is 2.36. The molecule has 31 heavy (non-hydrogen) atoms. The monoisotopic (exact) mass is 435 g/mol. The molecule has 1 aromatic heterocycles. The summed E-state index contributed by atoms with van der Waals surface area (Å²) in [4.78, 5) is 18.8. The molecule has 0 aliphatic carbocycles. The lowest BCUT2D eigenvalue weighted by molar-refractivity contribution is 0.387. The van der Waals surface area contributed by atoms with Gasteiger partial charge in [-0.1, -0.05) is 24.3 Å². The summed E-state index contributed by atoms with van der Waals surface area (Å²) in [6.45, 7) is 0. The third-order valence-electron chi connectivity index (χ3n) is 5.33. The fourth-order valence-electron chi connectivity index (χ4n) is 3.91. The minimum atomic E-state index is -4.35.